The number of aryl methyl sites for hydroxylation is 1. The molecule has 1 heterocycles. The maximum atomic E-state index is 12.3. The normalized spacial score (nSPS) is 20.8. The van der Waals surface area contributed by atoms with Crippen LogP contribution in [0.4, 0.5) is 0 Å². The molecule has 1 aliphatic rings. The number of aliphatic carboxylic acids is 1. The largest absolute Gasteiger partial charge is 0.497 e. The van der Waals surface area contributed by atoms with E-state index < -0.39 is 24.3 Å². The highest BCUT2D eigenvalue weighted by Crippen LogP contribution is 2.51. The van der Waals surface area contributed by atoms with Gasteiger partial charge in [-0.1, -0.05) is 48.5 Å². The number of hydrogen-bond acceptors (Lipinski definition) is 6. The molecule has 6 nitrogen and oxygen atoms in total. The van der Waals surface area contributed by atoms with Crippen molar-refractivity contribution in [3.8, 4) is 11.5 Å². The minimum Gasteiger partial charge on any atom is -0.497 e. The molecule has 0 spiro atoms. The molecule has 1 unspecified atom stereocenters. The summed E-state index contributed by atoms with van der Waals surface area (Å²) in [7, 11) is 3.17. The summed E-state index contributed by atoms with van der Waals surface area (Å²) in [5.41, 5.74) is 2.71. The Morgan fingerprint density at radius 3 is 2.38 bits per heavy atom. The van der Waals surface area contributed by atoms with Gasteiger partial charge in [-0.3, -0.25) is 0 Å². The summed E-state index contributed by atoms with van der Waals surface area (Å²) in [6.45, 7) is 2.04. The molecule has 1 saturated heterocycles. The number of benzene rings is 3. The van der Waals surface area contributed by atoms with Crippen molar-refractivity contribution >= 4 is 17.9 Å². The Kier molecular flexibility index (Phi) is 6.69. The maximum Gasteiger partial charge on any atom is 0.334 e. The minimum absolute atomic E-state index is 0.505. The lowest BCUT2D eigenvalue weighted by atomic mass is 10.0. The van der Waals surface area contributed by atoms with Gasteiger partial charge in [0.2, 0.25) is 0 Å². The van der Waals surface area contributed by atoms with Crippen LogP contribution in [-0.4, -0.2) is 35.7 Å². The van der Waals surface area contributed by atoms with Gasteiger partial charge in [0.1, 0.15) is 11.5 Å². The highest BCUT2D eigenvalue weighted by molar-refractivity contribution is 7.97. The van der Waals surface area contributed by atoms with Gasteiger partial charge in [-0.2, -0.15) is 0 Å². The SMILES string of the molecule is COc1ccc(C2O[C@@H](C(=O)O)[C@H](c3ccccc3)N2Sc2ccccc2C)c(OC)c1. The summed E-state index contributed by atoms with van der Waals surface area (Å²) in [6.07, 6.45) is -1.70. The summed E-state index contributed by atoms with van der Waals surface area (Å²) in [4.78, 5) is 13.3. The van der Waals surface area contributed by atoms with Crippen molar-refractivity contribution in [3.05, 3.63) is 89.5 Å². The van der Waals surface area contributed by atoms with Gasteiger partial charge < -0.3 is 19.3 Å². The fourth-order valence-electron chi connectivity index (χ4n) is 3.83. The van der Waals surface area contributed by atoms with Crippen LogP contribution in [0.5, 0.6) is 11.5 Å². The maximum absolute atomic E-state index is 12.3. The number of rotatable bonds is 7. The Hall–Kier alpha value is -3.00. The van der Waals surface area contributed by atoms with Gasteiger partial charge in [-0.25, -0.2) is 9.10 Å². The zero-order chi connectivity index (χ0) is 22.7. The lowest BCUT2D eigenvalue weighted by molar-refractivity contribution is -0.150. The monoisotopic (exact) mass is 451 g/mol. The van der Waals surface area contributed by atoms with Crippen molar-refractivity contribution < 1.29 is 24.1 Å². The highest BCUT2D eigenvalue weighted by Gasteiger charge is 2.49. The number of nitrogens with zero attached hydrogens (tertiary/aromatic N) is 1. The van der Waals surface area contributed by atoms with Crippen molar-refractivity contribution in [3.63, 3.8) is 0 Å². The molecule has 0 saturated carbocycles. The molecule has 166 valence electrons. The fourth-order valence-corrected chi connectivity index (χ4v) is 5.01. The van der Waals surface area contributed by atoms with E-state index in [1.807, 2.05) is 78.0 Å². The number of carboxylic acids is 1. The van der Waals surface area contributed by atoms with Gasteiger partial charge >= 0.3 is 5.97 Å². The van der Waals surface area contributed by atoms with E-state index in [9.17, 15) is 9.90 Å². The van der Waals surface area contributed by atoms with Crippen LogP contribution in [0.2, 0.25) is 0 Å². The number of methoxy groups -OCH3 is 2. The zero-order valence-corrected chi connectivity index (χ0v) is 18.9. The summed E-state index contributed by atoms with van der Waals surface area (Å²) in [6, 6.07) is 22.6. The van der Waals surface area contributed by atoms with Crippen molar-refractivity contribution in [1.29, 1.82) is 0 Å². The molecule has 0 radical (unpaired) electrons. The molecule has 1 N–H and O–H groups in total. The smallest absolute Gasteiger partial charge is 0.334 e. The van der Waals surface area contributed by atoms with Crippen LogP contribution in [0, 0.1) is 6.92 Å². The summed E-state index contributed by atoms with van der Waals surface area (Å²) in [5, 5.41) is 10.0. The van der Waals surface area contributed by atoms with E-state index in [0.29, 0.717) is 11.5 Å². The number of carbonyl (C=O) groups is 1. The van der Waals surface area contributed by atoms with Crippen LogP contribution in [0.15, 0.2) is 77.7 Å². The molecule has 3 aromatic rings. The third-order valence-corrected chi connectivity index (χ3v) is 6.74. The Morgan fingerprint density at radius 2 is 1.72 bits per heavy atom. The van der Waals surface area contributed by atoms with Crippen LogP contribution in [0.3, 0.4) is 0 Å². The minimum atomic E-state index is -1.05. The molecule has 0 amide bonds. The van der Waals surface area contributed by atoms with E-state index in [1.54, 1.807) is 20.3 Å². The molecule has 0 bridgehead atoms. The number of carboxylic acid groups (broad SMARTS) is 1. The molecule has 0 aliphatic carbocycles. The number of ether oxygens (including phenoxy) is 3. The second kappa shape index (κ2) is 9.65. The lowest BCUT2D eigenvalue weighted by Gasteiger charge is -2.29. The first-order valence-electron chi connectivity index (χ1n) is 10.2. The predicted molar refractivity (Wildman–Crippen MR) is 123 cm³/mol. The molecule has 1 aliphatic heterocycles. The molecular weight excluding hydrogens is 426 g/mol. The van der Waals surface area contributed by atoms with E-state index in [-0.39, 0.29) is 0 Å². The van der Waals surface area contributed by atoms with E-state index >= 15 is 0 Å². The van der Waals surface area contributed by atoms with Gasteiger partial charge in [0.15, 0.2) is 12.3 Å². The van der Waals surface area contributed by atoms with Crippen molar-refractivity contribution in [1.82, 2.24) is 4.31 Å². The Bertz CT molecular complexity index is 1090. The first kappa shape index (κ1) is 22.2. The first-order chi connectivity index (χ1) is 15.5. The lowest BCUT2D eigenvalue weighted by Crippen LogP contribution is -2.29. The zero-order valence-electron chi connectivity index (χ0n) is 18.1. The Balaban J connectivity index is 1.84. The summed E-state index contributed by atoms with van der Waals surface area (Å²) >= 11 is 1.49. The highest BCUT2D eigenvalue weighted by atomic mass is 32.2. The van der Waals surface area contributed by atoms with Gasteiger partial charge in [0, 0.05) is 16.5 Å². The summed E-state index contributed by atoms with van der Waals surface area (Å²) < 4.78 is 19.2. The standard InChI is InChI=1S/C25H25NO5S/c1-16-9-7-8-12-21(16)32-26-22(17-10-5-4-6-11-17)23(25(27)28)31-24(26)19-14-13-18(29-2)15-20(19)30-3/h4-15,22-24H,1-3H3,(H,27,28)/t22-,23+,24?/m0/s1. The Morgan fingerprint density at radius 1 is 1.00 bits per heavy atom. The number of hydrogen-bond donors (Lipinski definition) is 1. The third-order valence-electron chi connectivity index (χ3n) is 5.46. The molecule has 1 fully saturated rings. The van der Waals surface area contributed by atoms with Crippen LogP contribution in [0.1, 0.15) is 29.0 Å². The second-order valence-corrected chi connectivity index (χ2v) is 8.47. The predicted octanol–water partition coefficient (Wildman–Crippen LogP) is 5.24. The van der Waals surface area contributed by atoms with Crippen LogP contribution < -0.4 is 9.47 Å². The molecule has 0 aromatic heterocycles. The molecule has 7 heteroatoms. The molecule has 3 aromatic carbocycles. The molecule has 3 atom stereocenters. The van der Waals surface area contributed by atoms with Gasteiger partial charge in [0.05, 0.1) is 20.3 Å². The van der Waals surface area contributed by atoms with Crippen molar-refractivity contribution in [2.45, 2.75) is 30.2 Å². The van der Waals surface area contributed by atoms with E-state index in [2.05, 4.69) is 0 Å². The summed E-state index contributed by atoms with van der Waals surface area (Å²) in [5.74, 6) is 0.211. The van der Waals surface area contributed by atoms with Crippen LogP contribution in [-0.2, 0) is 9.53 Å². The van der Waals surface area contributed by atoms with Gasteiger partial charge in [-0.05, 0) is 48.2 Å². The van der Waals surface area contributed by atoms with Crippen molar-refractivity contribution in [2.75, 3.05) is 14.2 Å². The van der Waals surface area contributed by atoms with E-state index in [0.717, 1.165) is 21.6 Å². The average Bonchev–Trinajstić information content (AvgIpc) is 3.20. The van der Waals surface area contributed by atoms with Gasteiger partial charge in [0.25, 0.3) is 0 Å². The Labute approximate surface area is 191 Å². The second-order valence-electron chi connectivity index (χ2n) is 7.43. The third kappa shape index (κ3) is 4.32. The fraction of sp³-hybridized carbons (Fsp3) is 0.240. The molecule has 32 heavy (non-hydrogen) atoms. The van der Waals surface area contributed by atoms with Crippen LogP contribution >= 0.6 is 11.9 Å². The van der Waals surface area contributed by atoms with E-state index in [4.69, 9.17) is 14.2 Å². The van der Waals surface area contributed by atoms with Crippen LogP contribution in [0.25, 0.3) is 0 Å². The van der Waals surface area contributed by atoms with Gasteiger partial charge in [-0.15, -0.1) is 0 Å². The molecule has 4 rings (SSSR count). The first-order valence-corrected chi connectivity index (χ1v) is 11.0. The molecular formula is C25H25NO5S. The van der Waals surface area contributed by atoms with E-state index in [1.165, 1.54) is 11.9 Å². The quantitative estimate of drug-likeness (QED) is 0.493. The average molecular weight is 452 g/mol. The topological polar surface area (TPSA) is 68.2 Å². The van der Waals surface area contributed by atoms with Crippen molar-refractivity contribution in [2.24, 2.45) is 0 Å².